The lowest BCUT2D eigenvalue weighted by Gasteiger charge is -2.18. The van der Waals surface area contributed by atoms with Gasteiger partial charge in [0.15, 0.2) is 0 Å². The van der Waals surface area contributed by atoms with Crippen molar-refractivity contribution in [2.24, 2.45) is 5.14 Å². The number of primary sulfonamides is 1. The van der Waals surface area contributed by atoms with Crippen molar-refractivity contribution >= 4 is 20.9 Å². The Hall–Kier alpha value is -2.18. The van der Waals surface area contributed by atoms with E-state index in [0.717, 1.165) is 6.07 Å². The third kappa shape index (κ3) is 3.52. The molecule has 142 valence electrons. The van der Waals surface area contributed by atoms with Gasteiger partial charge in [-0.25, -0.2) is 22.9 Å². The summed E-state index contributed by atoms with van der Waals surface area (Å²) < 4.78 is 68.2. The van der Waals surface area contributed by atoms with Gasteiger partial charge >= 0.3 is 11.9 Å². The number of ether oxygens (including phenoxy) is 1. The van der Waals surface area contributed by atoms with E-state index >= 15 is 0 Å². The summed E-state index contributed by atoms with van der Waals surface area (Å²) in [6, 6.07) is 1.66. The van der Waals surface area contributed by atoms with Crippen molar-refractivity contribution in [3.8, 4) is 0 Å². The molecule has 0 amide bonds. The van der Waals surface area contributed by atoms with E-state index in [1.54, 1.807) is 0 Å². The van der Waals surface area contributed by atoms with Crippen molar-refractivity contribution in [3.05, 3.63) is 44.1 Å². The molecular weight excluding hydrogens is 379 g/mol. The molecule has 3 N–H and O–H groups in total. The Balaban J connectivity index is 2.32. The van der Waals surface area contributed by atoms with Crippen molar-refractivity contribution < 1.29 is 26.3 Å². The second-order valence-corrected chi connectivity index (χ2v) is 7.52. The van der Waals surface area contributed by atoms with Crippen LogP contribution in [0.4, 0.5) is 13.2 Å². The summed E-state index contributed by atoms with van der Waals surface area (Å²) in [4.78, 5) is 26.5. The Bertz CT molecular complexity index is 1080. The average molecular weight is 393 g/mol. The van der Waals surface area contributed by atoms with Gasteiger partial charge in [0.2, 0.25) is 10.0 Å². The van der Waals surface area contributed by atoms with Crippen LogP contribution in [0.5, 0.6) is 0 Å². The van der Waals surface area contributed by atoms with E-state index in [4.69, 9.17) is 9.88 Å². The van der Waals surface area contributed by atoms with E-state index < -0.39 is 45.0 Å². The zero-order valence-electron chi connectivity index (χ0n) is 13.2. The molecule has 2 heterocycles. The molecule has 1 saturated heterocycles. The Morgan fingerprint density at radius 2 is 2.00 bits per heavy atom. The van der Waals surface area contributed by atoms with Crippen molar-refractivity contribution in [1.29, 1.82) is 0 Å². The quantitative estimate of drug-likeness (QED) is 0.798. The van der Waals surface area contributed by atoms with Crippen molar-refractivity contribution in [2.75, 3.05) is 6.61 Å². The molecule has 0 saturated carbocycles. The fourth-order valence-electron chi connectivity index (χ4n) is 2.95. The Kier molecular flexibility index (Phi) is 4.45. The molecule has 3 rings (SSSR count). The summed E-state index contributed by atoms with van der Waals surface area (Å²) >= 11 is 0. The van der Waals surface area contributed by atoms with Crippen LogP contribution < -0.4 is 16.4 Å². The summed E-state index contributed by atoms with van der Waals surface area (Å²) in [7, 11) is -4.21. The fourth-order valence-corrected chi connectivity index (χ4v) is 3.54. The van der Waals surface area contributed by atoms with Crippen LogP contribution in [0.1, 0.15) is 30.1 Å². The predicted octanol–water partition coefficient (Wildman–Crippen LogP) is 0.806. The number of halogens is 3. The molecule has 12 heteroatoms. The van der Waals surface area contributed by atoms with Gasteiger partial charge in [0, 0.05) is 6.61 Å². The minimum absolute atomic E-state index is 0.228. The van der Waals surface area contributed by atoms with Crippen LogP contribution in [-0.4, -0.2) is 24.6 Å². The van der Waals surface area contributed by atoms with Gasteiger partial charge in [-0.05, 0) is 30.5 Å². The van der Waals surface area contributed by atoms with E-state index in [1.807, 2.05) is 0 Å². The zero-order valence-corrected chi connectivity index (χ0v) is 14.0. The number of hydrogen-bond acceptors (Lipinski definition) is 5. The minimum atomic E-state index is -4.72. The number of rotatable bonds is 3. The number of aromatic amines is 1. The fraction of sp³-hybridized carbons (Fsp3) is 0.429. The number of nitrogens with one attached hydrogen (secondary N) is 1. The lowest BCUT2D eigenvalue weighted by molar-refractivity contribution is -0.139. The summed E-state index contributed by atoms with van der Waals surface area (Å²) in [6.45, 7) is 0.293. The van der Waals surface area contributed by atoms with E-state index in [1.165, 1.54) is 0 Å². The number of nitrogens with two attached hydrogens (primary N) is 1. The maximum absolute atomic E-state index is 13.4. The zero-order chi connectivity index (χ0) is 19.3. The van der Waals surface area contributed by atoms with Crippen molar-refractivity contribution in [2.45, 2.75) is 31.0 Å². The lowest BCUT2D eigenvalue weighted by atomic mass is 9.97. The van der Waals surface area contributed by atoms with Gasteiger partial charge in [0.25, 0.3) is 5.56 Å². The first-order valence-electron chi connectivity index (χ1n) is 7.47. The highest BCUT2D eigenvalue weighted by Crippen LogP contribution is 2.40. The van der Waals surface area contributed by atoms with Crippen LogP contribution in [0.3, 0.4) is 0 Å². The summed E-state index contributed by atoms with van der Waals surface area (Å²) in [5.41, 5.74) is -3.81. The highest BCUT2D eigenvalue weighted by atomic mass is 32.2. The normalized spacial score (nSPS) is 18.5. The molecule has 0 aliphatic carbocycles. The molecule has 0 radical (unpaired) electrons. The highest BCUT2D eigenvalue weighted by molar-refractivity contribution is 7.88. The van der Waals surface area contributed by atoms with Crippen LogP contribution >= 0.6 is 0 Å². The summed E-state index contributed by atoms with van der Waals surface area (Å²) in [5.74, 6) is -1.09. The van der Waals surface area contributed by atoms with Crippen LogP contribution in [0.25, 0.3) is 10.9 Å². The Morgan fingerprint density at radius 3 is 2.54 bits per heavy atom. The molecule has 1 aliphatic rings. The van der Waals surface area contributed by atoms with Gasteiger partial charge in [-0.2, -0.15) is 13.2 Å². The Labute approximate surface area is 144 Å². The molecule has 1 fully saturated rings. The highest BCUT2D eigenvalue weighted by Gasteiger charge is 2.37. The number of benzene rings is 1. The van der Waals surface area contributed by atoms with Crippen LogP contribution in [-0.2, 0) is 26.8 Å². The smallest absolute Gasteiger partial charge is 0.374 e. The van der Waals surface area contributed by atoms with E-state index in [2.05, 4.69) is 4.98 Å². The van der Waals surface area contributed by atoms with Gasteiger partial charge < -0.3 is 9.72 Å². The number of aromatic nitrogens is 2. The topological polar surface area (TPSA) is 124 Å². The third-order valence-corrected chi connectivity index (χ3v) is 4.66. The minimum Gasteiger partial charge on any atom is -0.374 e. The first kappa shape index (κ1) is 18.6. The maximum Gasteiger partial charge on any atom is 0.416 e. The lowest BCUT2D eigenvalue weighted by Crippen LogP contribution is -2.39. The van der Waals surface area contributed by atoms with Crippen molar-refractivity contribution in [1.82, 2.24) is 9.55 Å². The molecule has 1 aliphatic heterocycles. The molecule has 26 heavy (non-hydrogen) atoms. The maximum atomic E-state index is 13.4. The number of fused-ring (bicyclic) bond motifs is 1. The predicted molar refractivity (Wildman–Crippen MR) is 84.9 cm³/mol. The molecule has 0 bridgehead atoms. The first-order chi connectivity index (χ1) is 12.0. The standard InChI is InChI=1S/C14H14F3N3O5S/c15-14(16,17)9-5-10-8(4-7(9)11-2-1-3-25-11)12(21)20(13(22)19-10)6-26(18,23)24/h4-5,11H,1-3,6H2,(H,19,22)(H2,18,23,24)/t11-/m1/s1. The largest absolute Gasteiger partial charge is 0.416 e. The summed E-state index contributed by atoms with van der Waals surface area (Å²) in [5, 5.41) is 4.59. The molecule has 1 aromatic carbocycles. The van der Waals surface area contributed by atoms with E-state index in [9.17, 15) is 31.2 Å². The van der Waals surface area contributed by atoms with Gasteiger partial charge in [-0.1, -0.05) is 0 Å². The van der Waals surface area contributed by atoms with Crippen molar-refractivity contribution in [3.63, 3.8) is 0 Å². The van der Waals surface area contributed by atoms with Gasteiger partial charge in [0.1, 0.15) is 5.88 Å². The van der Waals surface area contributed by atoms with Gasteiger partial charge in [0.05, 0.1) is 22.6 Å². The molecule has 1 aromatic heterocycles. The van der Waals surface area contributed by atoms with Crippen LogP contribution in [0.2, 0.25) is 0 Å². The van der Waals surface area contributed by atoms with Crippen LogP contribution in [0.15, 0.2) is 21.7 Å². The number of hydrogen-bond donors (Lipinski definition) is 2. The second-order valence-electron chi connectivity index (χ2n) is 5.94. The number of nitrogens with zero attached hydrogens (tertiary/aromatic N) is 1. The monoisotopic (exact) mass is 393 g/mol. The second kappa shape index (κ2) is 6.21. The van der Waals surface area contributed by atoms with Crippen LogP contribution in [0, 0.1) is 0 Å². The molecular formula is C14H14F3N3O5S. The SMILES string of the molecule is NS(=O)(=O)Cn1c(=O)[nH]c2cc(C(F)(F)F)c([C@H]3CCCO3)cc2c1=O. The van der Waals surface area contributed by atoms with Gasteiger partial charge in [-0.15, -0.1) is 0 Å². The number of sulfonamides is 1. The third-order valence-electron chi connectivity index (χ3n) is 4.04. The summed E-state index contributed by atoms with van der Waals surface area (Å²) in [6.07, 6.45) is -4.64. The Morgan fingerprint density at radius 1 is 1.31 bits per heavy atom. The van der Waals surface area contributed by atoms with Gasteiger partial charge in [-0.3, -0.25) is 4.79 Å². The first-order valence-corrected chi connectivity index (χ1v) is 9.19. The molecule has 0 unspecified atom stereocenters. The number of H-pyrrole nitrogens is 1. The molecule has 2 aromatic rings. The number of alkyl halides is 3. The molecule has 0 spiro atoms. The average Bonchev–Trinajstić information content (AvgIpc) is 3.03. The molecule has 8 nitrogen and oxygen atoms in total. The van der Waals surface area contributed by atoms with E-state index in [0.29, 0.717) is 30.1 Å². The molecule has 1 atom stereocenters. The van der Waals surface area contributed by atoms with E-state index in [-0.39, 0.29) is 16.5 Å².